The number of carbonyl (C=O) groups is 1. The molecule has 0 radical (unpaired) electrons. The molecule has 256 valence electrons. The third-order valence-electron chi connectivity index (χ3n) is 7.97. The van der Waals surface area contributed by atoms with Crippen LogP contribution in [0.15, 0.2) is 111 Å². The summed E-state index contributed by atoms with van der Waals surface area (Å²) in [7, 11) is 3.09. The number of thiazole rings is 1. The van der Waals surface area contributed by atoms with Crippen LogP contribution in [-0.4, -0.2) is 38.0 Å². The second kappa shape index (κ2) is 15.6. The van der Waals surface area contributed by atoms with Gasteiger partial charge in [0.1, 0.15) is 6.61 Å². The quantitative estimate of drug-likeness (QED) is 0.131. The zero-order valence-electron chi connectivity index (χ0n) is 28.0. The summed E-state index contributed by atoms with van der Waals surface area (Å²) in [5.74, 6) is 1.56. The van der Waals surface area contributed by atoms with Crippen molar-refractivity contribution in [3.8, 4) is 23.0 Å². The van der Waals surface area contributed by atoms with E-state index in [1.165, 1.54) is 18.4 Å². The molecule has 0 spiro atoms. The van der Waals surface area contributed by atoms with Gasteiger partial charge in [-0.2, -0.15) is 0 Å². The average molecular weight is 756 g/mol. The van der Waals surface area contributed by atoms with Gasteiger partial charge in [0.15, 0.2) is 27.8 Å². The summed E-state index contributed by atoms with van der Waals surface area (Å²) in [5, 5.41) is 0. The lowest BCUT2D eigenvalue weighted by atomic mass is 9.93. The summed E-state index contributed by atoms with van der Waals surface area (Å²) >= 11 is 4.70. The Bertz CT molecular complexity index is 2230. The largest absolute Gasteiger partial charge is 0.493 e. The molecule has 0 unspecified atom stereocenters. The highest BCUT2D eigenvalue weighted by Gasteiger charge is 2.35. The molecule has 50 heavy (non-hydrogen) atoms. The van der Waals surface area contributed by atoms with Crippen molar-refractivity contribution < 1.29 is 28.5 Å². The fraction of sp³-hybridized carbons (Fsp3) is 0.205. The van der Waals surface area contributed by atoms with Crippen molar-refractivity contribution in [3.63, 3.8) is 0 Å². The van der Waals surface area contributed by atoms with E-state index < -0.39 is 12.0 Å². The SMILES string of the molecule is CCOC(=O)C1=C(c2ccccc2)N=c2s/c(=C\c3ccc(OCc4ccc(Br)cc4)c(OCC)c3)c(=O)n2[C@@H]1c1ccc(OC)c(OC)c1. The van der Waals surface area contributed by atoms with Crippen molar-refractivity contribution in [2.24, 2.45) is 4.99 Å². The van der Waals surface area contributed by atoms with Gasteiger partial charge in [-0.1, -0.05) is 81.9 Å². The van der Waals surface area contributed by atoms with Crippen LogP contribution in [0.25, 0.3) is 11.8 Å². The summed E-state index contributed by atoms with van der Waals surface area (Å²) in [6.45, 7) is 4.61. The van der Waals surface area contributed by atoms with Crippen LogP contribution in [0.4, 0.5) is 0 Å². The number of fused-ring (bicyclic) bond motifs is 1. The van der Waals surface area contributed by atoms with Gasteiger partial charge in [-0.25, -0.2) is 9.79 Å². The van der Waals surface area contributed by atoms with Crippen LogP contribution in [0, 0.1) is 0 Å². The maximum absolute atomic E-state index is 14.4. The number of rotatable bonds is 12. The minimum Gasteiger partial charge on any atom is -0.493 e. The summed E-state index contributed by atoms with van der Waals surface area (Å²) in [4.78, 5) is 33.6. The molecular formula is C39H35BrN2O7S. The Balaban J connectivity index is 1.50. The number of ether oxygens (including phenoxy) is 5. The minimum absolute atomic E-state index is 0.151. The van der Waals surface area contributed by atoms with Crippen LogP contribution in [-0.2, 0) is 16.1 Å². The third-order valence-corrected chi connectivity index (χ3v) is 9.48. The lowest BCUT2D eigenvalue weighted by Gasteiger charge is -2.26. The van der Waals surface area contributed by atoms with E-state index in [2.05, 4.69) is 15.9 Å². The van der Waals surface area contributed by atoms with E-state index in [0.717, 1.165) is 21.2 Å². The maximum atomic E-state index is 14.4. The second-order valence-corrected chi connectivity index (χ2v) is 13.0. The van der Waals surface area contributed by atoms with Gasteiger partial charge < -0.3 is 23.7 Å². The van der Waals surface area contributed by atoms with E-state index in [0.29, 0.717) is 56.8 Å². The van der Waals surface area contributed by atoms with E-state index in [1.54, 1.807) is 36.8 Å². The van der Waals surface area contributed by atoms with Gasteiger partial charge in [0.2, 0.25) is 0 Å². The maximum Gasteiger partial charge on any atom is 0.338 e. The highest BCUT2D eigenvalue weighted by atomic mass is 79.9. The summed E-state index contributed by atoms with van der Waals surface area (Å²) in [6.07, 6.45) is 1.80. The molecule has 1 aliphatic heterocycles. The predicted molar refractivity (Wildman–Crippen MR) is 197 cm³/mol. The number of carbonyl (C=O) groups excluding carboxylic acids is 1. The Hall–Kier alpha value is -5.13. The lowest BCUT2D eigenvalue weighted by molar-refractivity contribution is -0.138. The van der Waals surface area contributed by atoms with Crippen molar-refractivity contribution >= 4 is 45.0 Å². The zero-order valence-corrected chi connectivity index (χ0v) is 30.4. The number of nitrogens with zero attached hydrogens (tertiary/aromatic N) is 2. The number of methoxy groups -OCH3 is 2. The van der Waals surface area contributed by atoms with Crippen LogP contribution in [0.2, 0.25) is 0 Å². The average Bonchev–Trinajstić information content (AvgIpc) is 3.45. The summed E-state index contributed by atoms with van der Waals surface area (Å²) < 4.78 is 31.7. The van der Waals surface area contributed by atoms with Gasteiger partial charge in [-0.15, -0.1) is 0 Å². The molecule has 0 saturated carbocycles. The third kappa shape index (κ3) is 7.24. The molecule has 0 N–H and O–H groups in total. The predicted octanol–water partition coefficient (Wildman–Crippen LogP) is 6.69. The van der Waals surface area contributed by atoms with Crippen LogP contribution < -0.4 is 33.8 Å². The number of aromatic nitrogens is 1. The Morgan fingerprint density at radius 1 is 0.860 bits per heavy atom. The topological polar surface area (TPSA) is 97.6 Å². The van der Waals surface area contributed by atoms with Gasteiger partial charge in [0.05, 0.1) is 49.3 Å². The monoisotopic (exact) mass is 754 g/mol. The Morgan fingerprint density at radius 2 is 1.60 bits per heavy atom. The van der Waals surface area contributed by atoms with Gasteiger partial charge in [-0.3, -0.25) is 9.36 Å². The molecule has 0 amide bonds. The Kier molecular flexibility index (Phi) is 10.8. The molecule has 4 aromatic carbocycles. The standard InChI is InChI=1S/C39H35BrN2O7S/c1-5-47-32-20-25(14-18-30(32)49-23-24-12-16-28(40)17-13-24)21-33-37(43)42-36(27-15-19-29(45-3)31(22-27)46-4)34(38(44)48-6-2)35(41-39(42)50-33)26-10-8-7-9-11-26/h7-22,36H,5-6,23H2,1-4H3/b33-21-/t36-/m1/s1. The smallest absolute Gasteiger partial charge is 0.338 e. The lowest BCUT2D eigenvalue weighted by Crippen LogP contribution is -2.40. The second-order valence-electron chi connectivity index (χ2n) is 11.1. The molecule has 6 rings (SSSR count). The first-order chi connectivity index (χ1) is 24.3. The normalized spacial score (nSPS) is 14.1. The summed E-state index contributed by atoms with van der Waals surface area (Å²) in [5.41, 5.74) is 3.48. The van der Waals surface area contributed by atoms with Gasteiger partial charge in [0.25, 0.3) is 5.56 Å². The van der Waals surface area contributed by atoms with Gasteiger partial charge >= 0.3 is 5.97 Å². The van der Waals surface area contributed by atoms with Crippen LogP contribution in [0.5, 0.6) is 23.0 Å². The molecular weight excluding hydrogens is 720 g/mol. The fourth-order valence-corrected chi connectivity index (χ4v) is 6.94. The molecule has 0 fully saturated rings. The van der Waals surface area contributed by atoms with Crippen molar-refractivity contribution in [1.82, 2.24) is 4.57 Å². The molecule has 5 aromatic rings. The molecule has 1 atom stereocenters. The molecule has 0 saturated heterocycles. The minimum atomic E-state index is -0.865. The van der Waals surface area contributed by atoms with Crippen molar-refractivity contribution in [2.45, 2.75) is 26.5 Å². The van der Waals surface area contributed by atoms with Gasteiger partial charge in [0, 0.05) is 10.0 Å². The van der Waals surface area contributed by atoms with E-state index in [9.17, 15) is 9.59 Å². The first kappa shape index (κ1) is 34.7. The number of benzene rings is 4. The molecule has 9 nitrogen and oxygen atoms in total. The first-order valence-electron chi connectivity index (χ1n) is 16.0. The van der Waals surface area contributed by atoms with E-state index in [-0.39, 0.29) is 17.7 Å². The number of esters is 1. The molecule has 1 aliphatic rings. The van der Waals surface area contributed by atoms with E-state index >= 15 is 0 Å². The first-order valence-corrected chi connectivity index (χ1v) is 17.6. The fourth-order valence-electron chi connectivity index (χ4n) is 5.67. The van der Waals surface area contributed by atoms with Crippen molar-refractivity contribution in [3.05, 3.63) is 143 Å². The van der Waals surface area contributed by atoms with Crippen LogP contribution in [0.3, 0.4) is 0 Å². The zero-order chi connectivity index (χ0) is 35.2. The Morgan fingerprint density at radius 3 is 2.30 bits per heavy atom. The van der Waals surface area contributed by atoms with Crippen molar-refractivity contribution in [2.75, 3.05) is 27.4 Å². The van der Waals surface area contributed by atoms with Crippen molar-refractivity contribution in [1.29, 1.82) is 0 Å². The molecule has 1 aromatic heterocycles. The van der Waals surface area contributed by atoms with E-state index in [1.807, 2.05) is 85.8 Å². The molecule has 2 heterocycles. The van der Waals surface area contributed by atoms with E-state index in [4.69, 9.17) is 28.7 Å². The molecule has 0 aliphatic carbocycles. The molecule has 0 bridgehead atoms. The highest BCUT2D eigenvalue weighted by Crippen LogP contribution is 2.38. The molecule has 11 heteroatoms. The van der Waals surface area contributed by atoms with Crippen LogP contribution in [0.1, 0.15) is 42.1 Å². The van der Waals surface area contributed by atoms with Crippen LogP contribution >= 0.6 is 27.3 Å². The summed E-state index contributed by atoms with van der Waals surface area (Å²) in [6, 6.07) is 27.4. The number of hydrogen-bond acceptors (Lipinski definition) is 9. The highest BCUT2D eigenvalue weighted by molar-refractivity contribution is 9.10. The number of hydrogen-bond donors (Lipinski definition) is 0. The van der Waals surface area contributed by atoms with Gasteiger partial charge in [-0.05, 0) is 73.0 Å². The number of halogens is 1. The Labute approximate surface area is 301 Å².